The highest BCUT2D eigenvalue weighted by Crippen LogP contribution is 2.24. The van der Waals surface area contributed by atoms with Crippen molar-refractivity contribution in [3.05, 3.63) is 36.5 Å². The predicted molar refractivity (Wildman–Crippen MR) is 372 cm³/mol. The standard InChI is InChI=1S/C77H147NO10/c1-3-5-7-9-11-13-15-17-19-21-23-25-27-29-31-33-35-37-38-40-42-44-46-48-50-52-54-56-58-60-62-64-69(80)72(82)68(67-87-77-75(85)74(84)73(83)71(66-79)88-77)78-76(86)70(81)65-63-61-59-57-55-53-51-49-47-45-43-41-39-36-34-32-30-28-26-24-22-20-18-16-14-12-10-8-6-4-2/h30,32,48,50,56,58,68-75,77,79-85H,3-29,31,33-47,49,51-55,57,59-67H2,1-2H3,(H,78,86)/b32-30-,50-48+,58-56+. The summed E-state index contributed by atoms with van der Waals surface area (Å²) in [5.41, 5.74) is 0. The van der Waals surface area contributed by atoms with Crippen molar-refractivity contribution >= 4 is 5.91 Å². The van der Waals surface area contributed by atoms with Gasteiger partial charge < -0.3 is 50.5 Å². The van der Waals surface area contributed by atoms with E-state index in [1.165, 1.54) is 295 Å². The predicted octanol–water partition coefficient (Wildman–Crippen LogP) is 19.3. The van der Waals surface area contributed by atoms with Gasteiger partial charge in [0.1, 0.15) is 36.6 Å². The van der Waals surface area contributed by atoms with Gasteiger partial charge in [0, 0.05) is 0 Å². The van der Waals surface area contributed by atoms with Crippen molar-refractivity contribution in [1.82, 2.24) is 5.32 Å². The van der Waals surface area contributed by atoms with Crippen LogP contribution in [0, 0.1) is 0 Å². The second-order valence-corrected chi connectivity index (χ2v) is 27.1. The number of rotatable bonds is 68. The van der Waals surface area contributed by atoms with Crippen LogP contribution in [-0.4, -0.2) is 110 Å². The number of nitrogens with one attached hydrogen (secondary N) is 1. The molecule has 1 saturated heterocycles. The lowest BCUT2D eigenvalue weighted by atomic mass is 9.98. The maximum Gasteiger partial charge on any atom is 0.249 e. The largest absolute Gasteiger partial charge is 0.394 e. The first kappa shape index (κ1) is 84.3. The minimum absolute atomic E-state index is 0.248. The normalized spacial score (nSPS) is 18.8. The van der Waals surface area contributed by atoms with Crippen LogP contribution < -0.4 is 5.32 Å². The fraction of sp³-hybridized carbons (Fsp3) is 0.909. The Bertz CT molecular complexity index is 1530. The van der Waals surface area contributed by atoms with Crippen molar-refractivity contribution in [1.29, 1.82) is 0 Å². The highest BCUT2D eigenvalue weighted by atomic mass is 16.7. The monoisotopic (exact) mass is 1250 g/mol. The third-order valence-electron chi connectivity index (χ3n) is 18.6. The van der Waals surface area contributed by atoms with Gasteiger partial charge in [-0.3, -0.25) is 4.79 Å². The number of amides is 1. The third-order valence-corrected chi connectivity index (χ3v) is 18.6. The summed E-state index contributed by atoms with van der Waals surface area (Å²) in [6, 6.07) is -1.19. The van der Waals surface area contributed by atoms with Gasteiger partial charge in [-0.15, -0.1) is 0 Å². The van der Waals surface area contributed by atoms with E-state index in [-0.39, 0.29) is 12.8 Å². The van der Waals surface area contributed by atoms with Crippen molar-refractivity contribution < 1.29 is 50.0 Å². The molecule has 0 aromatic rings. The molecule has 9 unspecified atom stereocenters. The van der Waals surface area contributed by atoms with Crippen LogP contribution in [0.25, 0.3) is 0 Å². The van der Waals surface area contributed by atoms with Crippen LogP contribution in [0.15, 0.2) is 36.5 Å². The molecule has 0 aliphatic carbocycles. The van der Waals surface area contributed by atoms with Crippen molar-refractivity contribution in [2.75, 3.05) is 13.2 Å². The van der Waals surface area contributed by atoms with E-state index < -0.39 is 74.2 Å². The number of aliphatic hydroxyl groups excluding tert-OH is 7. The summed E-state index contributed by atoms with van der Waals surface area (Å²) >= 11 is 0. The van der Waals surface area contributed by atoms with Crippen molar-refractivity contribution in [2.45, 2.75) is 435 Å². The summed E-state index contributed by atoms with van der Waals surface area (Å²) in [5.74, 6) is -0.704. The van der Waals surface area contributed by atoms with Crippen LogP contribution >= 0.6 is 0 Å². The van der Waals surface area contributed by atoms with E-state index in [0.29, 0.717) is 19.3 Å². The van der Waals surface area contributed by atoms with E-state index in [9.17, 15) is 40.5 Å². The molecule has 8 N–H and O–H groups in total. The first-order valence-electron chi connectivity index (χ1n) is 38.4. The molecule has 0 aromatic carbocycles. The molecule has 0 spiro atoms. The molecule has 1 fully saturated rings. The van der Waals surface area contributed by atoms with Gasteiger partial charge in [0.05, 0.1) is 25.4 Å². The Kier molecular flexibility index (Phi) is 62.7. The fourth-order valence-corrected chi connectivity index (χ4v) is 12.5. The topological polar surface area (TPSA) is 189 Å². The van der Waals surface area contributed by atoms with E-state index in [1.54, 1.807) is 0 Å². The molecule has 0 bridgehead atoms. The van der Waals surface area contributed by atoms with Gasteiger partial charge in [-0.25, -0.2) is 0 Å². The van der Waals surface area contributed by atoms with Gasteiger partial charge in [-0.05, 0) is 77.0 Å². The number of ether oxygens (including phenoxy) is 2. The van der Waals surface area contributed by atoms with Crippen molar-refractivity contribution in [2.24, 2.45) is 0 Å². The van der Waals surface area contributed by atoms with Crippen LogP contribution in [0.2, 0.25) is 0 Å². The van der Waals surface area contributed by atoms with Gasteiger partial charge in [0.2, 0.25) is 5.91 Å². The van der Waals surface area contributed by atoms with Crippen molar-refractivity contribution in [3.63, 3.8) is 0 Å². The van der Waals surface area contributed by atoms with Gasteiger partial charge in [0.15, 0.2) is 6.29 Å². The minimum atomic E-state index is -1.67. The third kappa shape index (κ3) is 51.8. The summed E-state index contributed by atoms with van der Waals surface area (Å²) in [4.78, 5) is 13.3. The molecule has 0 aromatic heterocycles. The van der Waals surface area contributed by atoms with Gasteiger partial charge in [-0.2, -0.15) is 0 Å². The molecule has 1 heterocycles. The lowest BCUT2D eigenvalue weighted by Crippen LogP contribution is -2.60. The molecule has 520 valence electrons. The zero-order valence-electron chi connectivity index (χ0n) is 57.7. The minimum Gasteiger partial charge on any atom is -0.394 e. The molecule has 11 nitrogen and oxygen atoms in total. The van der Waals surface area contributed by atoms with Gasteiger partial charge >= 0.3 is 0 Å². The van der Waals surface area contributed by atoms with E-state index >= 15 is 0 Å². The first-order chi connectivity index (χ1) is 43.2. The summed E-state index contributed by atoms with van der Waals surface area (Å²) in [5, 5.41) is 76.6. The Morgan fingerprint density at radius 1 is 0.386 bits per heavy atom. The number of carbonyl (C=O) groups excluding carboxylic acids is 1. The average molecular weight is 1250 g/mol. The van der Waals surface area contributed by atoms with E-state index in [0.717, 1.165) is 38.5 Å². The van der Waals surface area contributed by atoms with Gasteiger partial charge in [-0.1, -0.05) is 339 Å². The molecule has 0 saturated carbocycles. The molecule has 1 aliphatic heterocycles. The summed E-state index contributed by atoms with van der Waals surface area (Å²) in [7, 11) is 0. The fourth-order valence-electron chi connectivity index (χ4n) is 12.5. The molecule has 1 aliphatic rings. The van der Waals surface area contributed by atoms with E-state index in [4.69, 9.17) is 9.47 Å². The number of aliphatic hydroxyl groups is 7. The second-order valence-electron chi connectivity index (χ2n) is 27.1. The first-order valence-corrected chi connectivity index (χ1v) is 38.4. The zero-order valence-corrected chi connectivity index (χ0v) is 57.7. The second kappa shape index (κ2) is 65.4. The van der Waals surface area contributed by atoms with Crippen LogP contribution in [0.3, 0.4) is 0 Å². The quantitative estimate of drug-likeness (QED) is 0.0215. The lowest BCUT2D eigenvalue weighted by molar-refractivity contribution is -0.303. The zero-order chi connectivity index (χ0) is 63.9. The lowest BCUT2D eigenvalue weighted by Gasteiger charge is -2.40. The van der Waals surface area contributed by atoms with Crippen LogP contribution in [0.5, 0.6) is 0 Å². The highest BCUT2D eigenvalue weighted by Gasteiger charge is 2.44. The molecule has 9 atom stereocenters. The Hall–Kier alpha value is -1.67. The molecule has 11 heteroatoms. The highest BCUT2D eigenvalue weighted by molar-refractivity contribution is 5.80. The number of hydrogen-bond acceptors (Lipinski definition) is 10. The molecular weight excluding hydrogens is 1100 g/mol. The van der Waals surface area contributed by atoms with E-state index in [2.05, 4.69) is 55.6 Å². The van der Waals surface area contributed by atoms with E-state index in [1.807, 2.05) is 0 Å². The Labute approximate surface area is 543 Å². The summed E-state index contributed by atoms with van der Waals surface area (Å²) < 4.78 is 11.2. The Morgan fingerprint density at radius 3 is 1.01 bits per heavy atom. The SMILES string of the molecule is CCCCCCCCCCCCCC/C=C\CCCCCCCCCCCCCCCCC(O)C(=O)NC(COC1OC(CO)C(O)C(O)C1O)C(O)C(O)CCC/C=C/CC/C=C/CCCCCCCCCCCCCCCCCCCCCCCC. The van der Waals surface area contributed by atoms with Crippen molar-refractivity contribution in [3.8, 4) is 0 Å². The number of allylic oxidation sites excluding steroid dienone is 6. The van der Waals surface area contributed by atoms with Crippen LogP contribution in [0.4, 0.5) is 0 Å². The maximum atomic E-state index is 13.3. The number of unbranched alkanes of at least 4 members (excludes halogenated alkanes) is 50. The molecule has 88 heavy (non-hydrogen) atoms. The molecule has 1 rings (SSSR count). The summed E-state index contributed by atoms with van der Waals surface area (Å²) in [6.07, 6.45) is 74.0. The molecule has 1 amide bonds. The smallest absolute Gasteiger partial charge is 0.249 e. The van der Waals surface area contributed by atoms with Gasteiger partial charge in [0.25, 0.3) is 0 Å². The maximum absolute atomic E-state index is 13.3. The summed E-state index contributed by atoms with van der Waals surface area (Å²) in [6.45, 7) is 3.50. The Morgan fingerprint density at radius 2 is 0.682 bits per heavy atom. The van der Waals surface area contributed by atoms with Crippen LogP contribution in [-0.2, 0) is 14.3 Å². The molecule has 0 radical (unpaired) electrons. The average Bonchev–Trinajstić information content (AvgIpc) is 2.67. The molecular formula is C77H147NO10. The van der Waals surface area contributed by atoms with Crippen LogP contribution in [0.1, 0.15) is 380 Å². The Balaban J connectivity index is 2.18. The number of carbonyl (C=O) groups is 1. The number of hydrogen-bond donors (Lipinski definition) is 8.